The van der Waals surface area contributed by atoms with Crippen LogP contribution in [0.25, 0.3) is 10.8 Å². The fraction of sp³-hybridized carbons (Fsp3) is 0.133. The smallest absolute Gasteiger partial charge is 0.218 e. The van der Waals surface area contributed by atoms with Crippen LogP contribution in [0, 0.1) is 11.3 Å². The van der Waals surface area contributed by atoms with E-state index in [4.69, 9.17) is 10.1 Å². The molecule has 4 nitrogen and oxygen atoms in total. The first-order valence-electron chi connectivity index (χ1n) is 5.94. The molecule has 1 heterocycles. The minimum atomic E-state index is -0.639. The molecule has 0 saturated heterocycles. The number of ketones is 1. The molecular formula is C15H10N2O2. The lowest BCUT2D eigenvalue weighted by Crippen LogP contribution is -2.14. The number of benzene rings is 2. The quantitative estimate of drug-likeness (QED) is 0.770. The number of Topliss-reactive ketones (excluding diaryl/α,β-unsaturated/α-hetero) is 1. The lowest BCUT2D eigenvalue weighted by molar-refractivity contribution is 0.106. The average Bonchev–Trinajstić information content (AvgIpc) is 2.95. The van der Waals surface area contributed by atoms with E-state index >= 15 is 0 Å². The molecule has 1 atom stereocenters. The SMILES string of the molecule is N#CC1CC(C(=O)c2ccc3ccccc3c2)=NO1. The second-order valence-corrected chi connectivity index (χ2v) is 4.36. The van der Waals surface area contributed by atoms with Gasteiger partial charge in [0, 0.05) is 5.56 Å². The molecule has 0 bridgehead atoms. The molecule has 0 radical (unpaired) electrons. The standard InChI is InChI=1S/C15H10N2O2/c16-9-13-8-14(17-19-13)15(18)12-6-5-10-3-1-2-4-11(10)7-12/h1-7,13H,8H2. The van der Waals surface area contributed by atoms with Crippen molar-refractivity contribution < 1.29 is 9.63 Å². The maximum atomic E-state index is 12.2. The van der Waals surface area contributed by atoms with Gasteiger partial charge in [-0.1, -0.05) is 41.6 Å². The van der Waals surface area contributed by atoms with Crippen LogP contribution in [0.3, 0.4) is 0 Å². The van der Waals surface area contributed by atoms with Crippen LogP contribution in [0.2, 0.25) is 0 Å². The van der Waals surface area contributed by atoms with Crippen molar-refractivity contribution in [2.45, 2.75) is 12.5 Å². The first-order valence-corrected chi connectivity index (χ1v) is 5.94. The molecule has 0 fully saturated rings. The van der Waals surface area contributed by atoms with Gasteiger partial charge in [0.15, 0.2) is 0 Å². The van der Waals surface area contributed by atoms with Gasteiger partial charge in [-0.25, -0.2) is 0 Å². The summed E-state index contributed by atoms with van der Waals surface area (Å²) in [6.45, 7) is 0. The van der Waals surface area contributed by atoms with Crippen molar-refractivity contribution in [2.75, 3.05) is 0 Å². The number of nitrogens with zero attached hydrogens (tertiary/aromatic N) is 2. The average molecular weight is 250 g/mol. The molecule has 92 valence electrons. The molecule has 0 saturated carbocycles. The Morgan fingerprint density at radius 1 is 1.26 bits per heavy atom. The number of oxime groups is 1. The van der Waals surface area contributed by atoms with Gasteiger partial charge in [0.25, 0.3) is 0 Å². The van der Waals surface area contributed by atoms with Gasteiger partial charge in [-0.2, -0.15) is 5.26 Å². The van der Waals surface area contributed by atoms with Gasteiger partial charge in [-0.15, -0.1) is 0 Å². The van der Waals surface area contributed by atoms with E-state index in [1.807, 2.05) is 42.5 Å². The lowest BCUT2D eigenvalue weighted by Gasteiger charge is -2.02. The maximum Gasteiger partial charge on any atom is 0.218 e. The van der Waals surface area contributed by atoms with Crippen molar-refractivity contribution in [3.8, 4) is 6.07 Å². The third kappa shape index (κ3) is 2.06. The molecule has 2 aromatic rings. The highest BCUT2D eigenvalue weighted by atomic mass is 16.6. The van der Waals surface area contributed by atoms with Crippen molar-refractivity contribution in [1.29, 1.82) is 5.26 Å². The highest BCUT2D eigenvalue weighted by Gasteiger charge is 2.26. The van der Waals surface area contributed by atoms with E-state index in [1.165, 1.54) is 0 Å². The first kappa shape index (κ1) is 11.4. The fourth-order valence-corrected chi connectivity index (χ4v) is 2.08. The van der Waals surface area contributed by atoms with E-state index in [9.17, 15) is 4.79 Å². The summed E-state index contributed by atoms with van der Waals surface area (Å²) in [5, 5.41) is 14.5. The van der Waals surface area contributed by atoms with E-state index in [0.717, 1.165) is 10.8 Å². The molecule has 3 rings (SSSR count). The van der Waals surface area contributed by atoms with Crippen LogP contribution in [0.15, 0.2) is 47.6 Å². The van der Waals surface area contributed by atoms with E-state index in [2.05, 4.69) is 5.16 Å². The monoisotopic (exact) mass is 250 g/mol. The zero-order chi connectivity index (χ0) is 13.2. The van der Waals surface area contributed by atoms with Gasteiger partial charge in [-0.05, 0) is 16.8 Å². The number of carbonyl (C=O) groups is 1. The Bertz CT molecular complexity index is 728. The maximum absolute atomic E-state index is 12.2. The summed E-state index contributed by atoms with van der Waals surface area (Å²) in [6, 6.07) is 15.3. The van der Waals surface area contributed by atoms with Gasteiger partial charge < -0.3 is 4.84 Å². The van der Waals surface area contributed by atoms with Gasteiger partial charge in [0.2, 0.25) is 11.9 Å². The number of rotatable bonds is 2. The molecule has 2 aromatic carbocycles. The molecule has 0 amide bonds. The lowest BCUT2D eigenvalue weighted by atomic mass is 10.00. The van der Waals surface area contributed by atoms with Crippen LogP contribution < -0.4 is 0 Å². The normalized spacial score (nSPS) is 17.6. The number of carbonyl (C=O) groups excluding carboxylic acids is 1. The zero-order valence-corrected chi connectivity index (χ0v) is 10.0. The number of hydrogen-bond acceptors (Lipinski definition) is 4. The van der Waals surface area contributed by atoms with Gasteiger partial charge in [-0.3, -0.25) is 4.79 Å². The molecule has 1 aliphatic rings. The minimum absolute atomic E-state index is 0.177. The van der Waals surface area contributed by atoms with Gasteiger partial charge >= 0.3 is 0 Å². The molecule has 4 heteroatoms. The summed E-state index contributed by atoms with van der Waals surface area (Å²) in [7, 11) is 0. The predicted molar refractivity (Wildman–Crippen MR) is 70.8 cm³/mol. The molecule has 19 heavy (non-hydrogen) atoms. The first-order chi connectivity index (χ1) is 9.28. The Morgan fingerprint density at radius 2 is 2.05 bits per heavy atom. The van der Waals surface area contributed by atoms with Crippen LogP contribution in [0.5, 0.6) is 0 Å². The van der Waals surface area contributed by atoms with Crippen LogP contribution >= 0.6 is 0 Å². The second-order valence-electron chi connectivity index (χ2n) is 4.36. The van der Waals surface area contributed by atoms with E-state index in [0.29, 0.717) is 11.3 Å². The van der Waals surface area contributed by atoms with E-state index in [-0.39, 0.29) is 12.2 Å². The van der Waals surface area contributed by atoms with Crippen molar-refractivity contribution in [1.82, 2.24) is 0 Å². The molecule has 0 spiro atoms. The van der Waals surface area contributed by atoms with Crippen LogP contribution in [-0.2, 0) is 4.84 Å². The second kappa shape index (κ2) is 4.54. The van der Waals surface area contributed by atoms with Crippen LogP contribution in [0.1, 0.15) is 16.8 Å². The summed E-state index contributed by atoms with van der Waals surface area (Å²) < 4.78 is 0. The molecule has 1 unspecified atom stereocenters. The van der Waals surface area contributed by atoms with Gasteiger partial charge in [0.1, 0.15) is 11.8 Å². The summed E-state index contributed by atoms with van der Waals surface area (Å²) in [4.78, 5) is 17.1. The third-order valence-corrected chi connectivity index (χ3v) is 3.09. The Hall–Kier alpha value is -2.67. The third-order valence-electron chi connectivity index (χ3n) is 3.09. The predicted octanol–water partition coefficient (Wildman–Crippen LogP) is 2.69. The largest absolute Gasteiger partial charge is 0.376 e. The molecular weight excluding hydrogens is 240 g/mol. The number of hydrogen-bond donors (Lipinski definition) is 0. The highest BCUT2D eigenvalue weighted by molar-refractivity contribution is 6.46. The topological polar surface area (TPSA) is 62.5 Å². The zero-order valence-electron chi connectivity index (χ0n) is 10.0. The molecule has 0 N–H and O–H groups in total. The fourth-order valence-electron chi connectivity index (χ4n) is 2.08. The summed E-state index contributed by atoms with van der Waals surface area (Å²) >= 11 is 0. The molecule has 0 aromatic heterocycles. The van der Waals surface area contributed by atoms with Crippen molar-refractivity contribution in [3.63, 3.8) is 0 Å². The Labute approximate surface area is 109 Å². The molecule has 1 aliphatic heterocycles. The Kier molecular flexibility index (Phi) is 2.73. The van der Waals surface area contributed by atoms with Crippen molar-refractivity contribution >= 4 is 22.3 Å². The van der Waals surface area contributed by atoms with Crippen LogP contribution in [-0.4, -0.2) is 17.6 Å². The van der Waals surface area contributed by atoms with Gasteiger partial charge in [0.05, 0.1) is 6.42 Å². The Morgan fingerprint density at radius 3 is 2.79 bits per heavy atom. The number of nitriles is 1. The minimum Gasteiger partial charge on any atom is -0.376 e. The highest BCUT2D eigenvalue weighted by Crippen LogP contribution is 2.19. The summed E-state index contributed by atoms with van der Waals surface area (Å²) in [5.41, 5.74) is 0.876. The number of fused-ring (bicyclic) bond motifs is 1. The van der Waals surface area contributed by atoms with Crippen LogP contribution in [0.4, 0.5) is 0 Å². The van der Waals surface area contributed by atoms with Crippen molar-refractivity contribution in [2.24, 2.45) is 5.16 Å². The summed E-state index contributed by atoms with van der Waals surface area (Å²) in [5.74, 6) is -0.177. The molecule has 0 aliphatic carbocycles. The van der Waals surface area contributed by atoms with Crippen molar-refractivity contribution in [3.05, 3.63) is 48.0 Å². The Balaban J connectivity index is 1.93. The van der Waals surface area contributed by atoms with E-state index in [1.54, 1.807) is 6.07 Å². The van der Waals surface area contributed by atoms with E-state index < -0.39 is 6.10 Å². The summed E-state index contributed by atoms with van der Waals surface area (Å²) in [6.07, 6.45) is -0.387.